The molecule has 4 heteroatoms. The maximum atomic E-state index is 13.0. The summed E-state index contributed by atoms with van der Waals surface area (Å²) in [6, 6.07) is 7.08. The maximum absolute atomic E-state index is 13.0. The predicted octanol–water partition coefficient (Wildman–Crippen LogP) is 3.30. The van der Waals surface area contributed by atoms with Crippen LogP contribution in [0.25, 0.3) is 0 Å². The van der Waals surface area contributed by atoms with E-state index in [1.165, 1.54) is 31.4 Å². The van der Waals surface area contributed by atoms with Gasteiger partial charge in [-0.2, -0.15) is 0 Å². The van der Waals surface area contributed by atoms with E-state index in [1.54, 1.807) is 0 Å². The van der Waals surface area contributed by atoms with Gasteiger partial charge >= 0.3 is 0 Å². The number of hydrogen-bond acceptors (Lipinski definition) is 2. The first-order valence-electron chi connectivity index (χ1n) is 8.92. The summed E-state index contributed by atoms with van der Waals surface area (Å²) in [6.07, 6.45) is 5.85. The van der Waals surface area contributed by atoms with Crippen LogP contribution in [0.3, 0.4) is 0 Å². The van der Waals surface area contributed by atoms with Crippen molar-refractivity contribution < 1.29 is 9.18 Å². The molecule has 0 aromatic heterocycles. The van der Waals surface area contributed by atoms with Gasteiger partial charge in [-0.3, -0.25) is 4.79 Å². The van der Waals surface area contributed by atoms with Crippen LogP contribution >= 0.6 is 0 Å². The van der Waals surface area contributed by atoms with Crippen LogP contribution in [0.1, 0.15) is 32.1 Å². The fourth-order valence-electron chi connectivity index (χ4n) is 4.77. The Balaban J connectivity index is 1.32. The third kappa shape index (κ3) is 2.73. The highest BCUT2D eigenvalue weighted by Gasteiger charge is 2.57. The number of piperidine rings is 1. The Labute approximate surface area is 137 Å². The Morgan fingerprint density at radius 3 is 2.30 bits per heavy atom. The van der Waals surface area contributed by atoms with Gasteiger partial charge in [0.1, 0.15) is 5.82 Å². The summed E-state index contributed by atoms with van der Waals surface area (Å²) < 4.78 is 13.0. The normalized spacial score (nSPS) is 30.2. The van der Waals surface area contributed by atoms with Crippen molar-refractivity contribution >= 4 is 11.6 Å². The van der Waals surface area contributed by atoms with Crippen LogP contribution in [0.5, 0.6) is 0 Å². The van der Waals surface area contributed by atoms with Crippen molar-refractivity contribution in [3.63, 3.8) is 0 Å². The summed E-state index contributed by atoms with van der Waals surface area (Å²) in [6.45, 7) is 1.87. The zero-order chi connectivity index (χ0) is 16.0. The summed E-state index contributed by atoms with van der Waals surface area (Å²) in [5.74, 6) is 1.93. The maximum Gasteiger partial charge on any atom is 0.226 e. The van der Waals surface area contributed by atoms with Gasteiger partial charge < -0.3 is 9.80 Å². The number of rotatable bonds is 3. The Morgan fingerprint density at radius 1 is 1.09 bits per heavy atom. The molecule has 2 atom stereocenters. The monoisotopic (exact) mass is 316 g/mol. The van der Waals surface area contributed by atoms with Gasteiger partial charge in [-0.1, -0.05) is 6.42 Å². The van der Waals surface area contributed by atoms with Crippen molar-refractivity contribution in [1.29, 1.82) is 0 Å². The predicted molar refractivity (Wildman–Crippen MR) is 88.7 cm³/mol. The van der Waals surface area contributed by atoms with Gasteiger partial charge in [0.15, 0.2) is 0 Å². The van der Waals surface area contributed by atoms with Crippen molar-refractivity contribution in [2.75, 3.05) is 25.0 Å². The summed E-state index contributed by atoms with van der Waals surface area (Å²) in [7, 11) is 1.99. The largest absolute Gasteiger partial charge is 0.371 e. The van der Waals surface area contributed by atoms with Crippen LogP contribution in [0.2, 0.25) is 0 Å². The fraction of sp³-hybridized carbons (Fsp3) is 0.632. The van der Waals surface area contributed by atoms with Gasteiger partial charge in [0, 0.05) is 37.8 Å². The summed E-state index contributed by atoms with van der Waals surface area (Å²) in [5, 5.41) is 0. The van der Waals surface area contributed by atoms with E-state index in [-0.39, 0.29) is 5.82 Å². The number of benzene rings is 1. The average molecular weight is 316 g/mol. The number of halogens is 1. The lowest BCUT2D eigenvalue weighted by Gasteiger charge is -2.38. The molecular formula is C19H25FN2O. The number of fused-ring (bicyclic) bond motifs is 1. The second-order valence-corrected chi connectivity index (χ2v) is 7.43. The second kappa shape index (κ2) is 5.81. The Morgan fingerprint density at radius 2 is 1.70 bits per heavy atom. The van der Waals surface area contributed by atoms with Gasteiger partial charge in [0.25, 0.3) is 0 Å². The van der Waals surface area contributed by atoms with Crippen LogP contribution in [-0.4, -0.2) is 37.0 Å². The van der Waals surface area contributed by atoms with E-state index in [1.807, 2.05) is 24.1 Å². The zero-order valence-electron chi connectivity index (χ0n) is 13.7. The molecule has 1 aliphatic heterocycles. The van der Waals surface area contributed by atoms with Crippen LogP contribution in [0.15, 0.2) is 24.3 Å². The lowest BCUT2D eigenvalue weighted by Crippen LogP contribution is -2.46. The van der Waals surface area contributed by atoms with E-state index in [4.69, 9.17) is 0 Å². The van der Waals surface area contributed by atoms with E-state index in [9.17, 15) is 9.18 Å². The van der Waals surface area contributed by atoms with Crippen molar-refractivity contribution in [3.05, 3.63) is 30.1 Å². The van der Waals surface area contributed by atoms with E-state index >= 15 is 0 Å². The molecule has 3 fully saturated rings. The molecule has 2 aliphatic carbocycles. The van der Waals surface area contributed by atoms with Gasteiger partial charge in [-0.05, 0) is 61.8 Å². The number of hydrogen-bond donors (Lipinski definition) is 0. The molecule has 1 heterocycles. The SMILES string of the molecule is CN(C(=O)C1[C@H]2CCC[C@H]12)C1CCN(c2ccc(F)cc2)CC1. The third-order valence-corrected chi connectivity index (χ3v) is 6.24. The van der Waals surface area contributed by atoms with Crippen LogP contribution < -0.4 is 4.90 Å². The highest BCUT2D eigenvalue weighted by molar-refractivity contribution is 5.82. The molecule has 0 unspecified atom stereocenters. The summed E-state index contributed by atoms with van der Waals surface area (Å²) in [4.78, 5) is 17.0. The fourth-order valence-corrected chi connectivity index (χ4v) is 4.77. The molecule has 0 radical (unpaired) electrons. The molecule has 1 aromatic carbocycles. The number of carbonyl (C=O) groups is 1. The standard InChI is InChI=1S/C19H25FN2O/c1-21(19(23)18-16-3-2-4-17(16)18)14-9-11-22(12-10-14)15-7-5-13(20)6-8-15/h5-8,14,16-18H,2-4,9-12H2,1H3/t16-,17-/m0/s1. The molecule has 0 N–H and O–H groups in total. The molecule has 1 amide bonds. The number of anilines is 1. The minimum atomic E-state index is -0.191. The van der Waals surface area contributed by atoms with Crippen molar-refractivity contribution in [2.24, 2.45) is 17.8 Å². The third-order valence-electron chi connectivity index (χ3n) is 6.24. The molecule has 3 nitrogen and oxygen atoms in total. The smallest absolute Gasteiger partial charge is 0.226 e. The summed E-state index contributed by atoms with van der Waals surface area (Å²) in [5.41, 5.74) is 1.08. The van der Waals surface area contributed by atoms with E-state index in [2.05, 4.69) is 4.90 Å². The first kappa shape index (κ1) is 15.0. The highest BCUT2D eigenvalue weighted by Crippen LogP contribution is 2.58. The topological polar surface area (TPSA) is 23.6 Å². The first-order chi connectivity index (χ1) is 11.1. The van der Waals surface area contributed by atoms with Gasteiger partial charge in [-0.15, -0.1) is 0 Å². The van der Waals surface area contributed by atoms with E-state index in [0.29, 0.717) is 29.7 Å². The van der Waals surface area contributed by atoms with E-state index in [0.717, 1.165) is 31.6 Å². The number of nitrogens with zero attached hydrogens (tertiary/aromatic N) is 2. The second-order valence-electron chi connectivity index (χ2n) is 7.43. The quantitative estimate of drug-likeness (QED) is 0.854. The van der Waals surface area contributed by atoms with Crippen LogP contribution in [-0.2, 0) is 4.79 Å². The zero-order valence-corrected chi connectivity index (χ0v) is 13.7. The van der Waals surface area contributed by atoms with Gasteiger partial charge in [-0.25, -0.2) is 4.39 Å². The molecule has 3 aliphatic rings. The van der Waals surface area contributed by atoms with Crippen LogP contribution in [0, 0.1) is 23.6 Å². The first-order valence-corrected chi connectivity index (χ1v) is 8.92. The van der Waals surface area contributed by atoms with Crippen LogP contribution in [0.4, 0.5) is 10.1 Å². The summed E-state index contributed by atoms with van der Waals surface area (Å²) >= 11 is 0. The average Bonchev–Trinajstić information content (AvgIpc) is 3.06. The molecule has 4 rings (SSSR count). The van der Waals surface area contributed by atoms with E-state index < -0.39 is 0 Å². The molecule has 23 heavy (non-hydrogen) atoms. The van der Waals surface area contributed by atoms with Gasteiger partial charge in [0.2, 0.25) is 5.91 Å². The Bertz CT molecular complexity index is 570. The minimum absolute atomic E-state index is 0.191. The van der Waals surface area contributed by atoms with Crippen molar-refractivity contribution in [3.8, 4) is 0 Å². The molecular weight excluding hydrogens is 291 g/mol. The molecule has 124 valence electrons. The molecule has 0 bridgehead atoms. The van der Waals surface area contributed by atoms with Crippen molar-refractivity contribution in [1.82, 2.24) is 4.90 Å². The lowest BCUT2D eigenvalue weighted by molar-refractivity contribution is -0.134. The Hall–Kier alpha value is -1.58. The number of amides is 1. The van der Waals surface area contributed by atoms with Gasteiger partial charge in [0.05, 0.1) is 0 Å². The highest BCUT2D eigenvalue weighted by atomic mass is 19.1. The Kier molecular flexibility index (Phi) is 3.78. The number of carbonyl (C=O) groups excluding carboxylic acids is 1. The van der Waals surface area contributed by atoms with Crippen molar-refractivity contribution in [2.45, 2.75) is 38.1 Å². The molecule has 1 aromatic rings. The molecule has 1 saturated heterocycles. The minimum Gasteiger partial charge on any atom is -0.371 e. The molecule has 0 spiro atoms. The lowest BCUT2D eigenvalue weighted by atomic mass is 10.0. The molecule has 2 saturated carbocycles.